The topological polar surface area (TPSA) is 256 Å². The fourth-order valence-electron chi connectivity index (χ4n) is 6.77. The van der Waals surface area contributed by atoms with E-state index in [9.17, 15) is 9.59 Å². The number of nitrogens with two attached hydrogens (primary N) is 4. The summed E-state index contributed by atoms with van der Waals surface area (Å²) in [5.74, 6) is 0.292. The number of primary amides is 2. The number of aryl methyl sites for hydroxylation is 2. The van der Waals surface area contributed by atoms with Gasteiger partial charge in [0.1, 0.15) is 22.8 Å². The number of ether oxygens (including phenoxy) is 2. The molecule has 16 nitrogen and oxygen atoms in total. The van der Waals surface area contributed by atoms with Gasteiger partial charge in [-0.3, -0.25) is 9.59 Å². The molecule has 0 radical (unpaired) electrons. The second kappa shape index (κ2) is 19.8. The lowest BCUT2D eigenvalue weighted by Crippen LogP contribution is -2.52. The van der Waals surface area contributed by atoms with Gasteiger partial charge in [0, 0.05) is 50.1 Å². The van der Waals surface area contributed by atoms with Crippen LogP contribution in [-0.2, 0) is 9.47 Å². The summed E-state index contributed by atoms with van der Waals surface area (Å²) in [5, 5.41) is 12.9. The summed E-state index contributed by atoms with van der Waals surface area (Å²) in [6, 6.07) is 15.2. The van der Waals surface area contributed by atoms with E-state index in [1.54, 1.807) is 14.2 Å². The van der Waals surface area contributed by atoms with Crippen LogP contribution in [0.5, 0.6) is 0 Å². The number of nitrogens with zero attached hydrogens (tertiary/aromatic N) is 4. The number of methoxy groups -OCH3 is 2. The van der Waals surface area contributed by atoms with Crippen molar-refractivity contribution in [3.05, 3.63) is 83.2 Å². The maximum atomic E-state index is 11.8. The molecule has 6 atom stereocenters. The van der Waals surface area contributed by atoms with Crippen LogP contribution in [0.15, 0.2) is 60.9 Å². The molecule has 16 heteroatoms. The molecule has 2 heterocycles. The zero-order valence-corrected chi connectivity index (χ0v) is 31.2. The quantitative estimate of drug-likeness (QED) is 0.0990. The Morgan fingerprint density at radius 1 is 0.709 bits per heavy atom. The van der Waals surface area contributed by atoms with Crippen LogP contribution in [0.3, 0.4) is 0 Å². The van der Waals surface area contributed by atoms with E-state index in [2.05, 4.69) is 41.2 Å². The van der Waals surface area contributed by atoms with Crippen molar-refractivity contribution >= 4 is 46.7 Å². The van der Waals surface area contributed by atoms with Crippen molar-refractivity contribution < 1.29 is 19.1 Å². The van der Waals surface area contributed by atoms with E-state index in [1.165, 1.54) is 12.4 Å². The van der Waals surface area contributed by atoms with Crippen molar-refractivity contribution in [2.45, 2.75) is 96.2 Å². The number of hydrogen-bond acceptors (Lipinski definition) is 14. The standard InChI is InChI=1S/2C19H26N6O2.CH4/c1-11-5-3-6-12(9-11)23-18-13(17(21)26)10-22-19(25-18)24-14-7-4-8-15(27-2)16(14)20;1-11-5-3-6-12(9-11)23-18-13(17(21)26)10-22-19(25-18)24-16-14(20)7-4-8-15(16)27-2;/h2*3,5-6,9-10,14-16H,4,7-8,20H2,1-2H3,(H2,21,26)(H2,22,23,24,25);1H4/t2*14-,15+,16-;/m10./s1. The molecule has 2 aliphatic carbocycles. The highest BCUT2D eigenvalue weighted by Gasteiger charge is 2.33. The van der Waals surface area contributed by atoms with Gasteiger partial charge in [-0.15, -0.1) is 0 Å². The summed E-state index contributed by atoms with van der Waals surface area (Å²) in [7, 11) is 3.36. The van der Waals surface area contributed by atoms with Crippen LogP contribution in [0.1, 0.15) is 77.8 Å². The molecule has 296 valence electrons. The lowest BCUT2D eigenvalue weighted by Gasteiger charge is -2.35. The Labute approximate surface area is 323 Å². The van der Waals surface area contributed by atoms with Gasteiger partial charge in [-0.05, 0) is 87.8 Å². The lowest BCUT2D eigenvalue weighted by atomic mass is 9.88. The Hall–Kier alpha value is -5.42. The summed E-state index contributed by atoms with van der Waals surface area (Å²) in [5.41, 5.74) is 27.8. The first-order valence-corrected chi connectivity index (χ1v) is 18.1. The Morgan fingerprint density at radius 2 is 1.20 bits per heavy atom. The fourth-order valence-corrected chi connectivity index (χ4v) is 6.77. The van der Waals surface area contributed by atoms with E-state index in [0.717, 1.165) is 61.0 Å². The van der Waals surface area contributed by atoms with E-state index < -0.39 is 11.8 Å². The molecule has 0 bridgehead atoms. The van der Waals surface area contributed by atoms with Crippen molar-refractivity contribution in [3.63, 3.8) is 0 Å². The SMILES string of the molecule is C.CO[C@@H]1CCC[C@H](N)[C@@H]1Nc1ncc(C(N)=O)c(Nc2cccc(C)c2)n1.CO[C@H]1CCC[C@@H](Nc2ncc(C(N)=O)c(Nc3cccc(C)c3)n2)[C@H]1N. The zero-order chi connectivity index (χ0) is 38.8. The van der Waals surface area contributed by atoms with Gasteiger partial charge in [0.05, 0.1) is 24.3 Å². The summed E-state index contributed by atoms with van der Waals surface area (Å²) in [4.78, 5) is 41.0. The zero-order valence-electron chi connectivity index (χ0n) is 31.2. The number of aromatic nitrogens is 4. The summed E-state index contributed by atoms with van der Waals surface area (Å²) >= 11 is 0. The van der Waals surface area contributed by atoms with E-state index in [4.69, 9.17) is 32.4 Å². The second-order valence-corrected chi connectivity index (χ2v) is 13.7. The number of nitrogens with one attached hydrogen (secondary N) is 4. The van der Waals surface area contributed by atoms with Gasteiger partial charge in [0.15, 0.2) is 0 Å². The molecule has 0 spiro atoms. The number of carbonyl (C=O) groups excluding carboxylic acids is 2. The Bertz CT molecular complexity index is 1900. The third-order valence-corrected chi connectivity index (χ3v) is 9.67. The first-order chi connectivity index (χ1) is 25.9. The van der Waals surface area contributed by atoms with Crippen LogP contribution >= 0.6 is 0 Å². The number of rotatable bonds is 12. The normalized spacial score (nSPS) is 21.9. The first kappa shape index (κ1) is 42.3. The number of amides is 2. The van der Waals surface area contributed by atoms with Crippen LogP contribution < -0.4 is 44.2 Å². The van der Waals surface area contributed by atoms with Crippen molar-refractivity contribution in [1.29, 1.82) is 0 Å². The number of anilines is 6. The number of carbonyl (C=O) groups is 2. The molecule has 0 saturated heterocycles. The molecule has 55 heavy (non-hydrogen) atoms. The highest BCUT2D eigenvalue weighted by Crippen LogP contribution is 2.27. The predicted molar refractivity (Wildman–Crippen MR) is 217 cm³/mol. The minimum Gasteiger partial charge on any atom is -0.380 e. The molecule has 0 aliphatic heterocycles. The number of benzene rings is 2. The van der Waals surface area contributed by atoms with Gasteiger partial charge < -0.3 is 53.7 Å². The summed E-state index contributed by atoms with van der Waals surface area (Å²) in [6.07, 6.45) is 8.56. The van der Waals surface area contributed by atoms with E-state index in [-0.39, 0.29) is 54.9 Å². The molecular formula is C39H56N12O4. The maximum Gasteiger partial charge on any atom is 0.254 e. The third kappa shape index (κ3) is 11.3. The molecule has 4 aromatic rings. The monoisotopic (exact) mass is 756 g/mol. The molecule has 2 aromatic carbocycles. The van der Waals surface area contributed by atoms with Crippen LogP contribution in [0.25, 0.3) is 0 Å². The highest BCUT2D eigenvalue weighted by atomic mass is 16.5. The van der Waals surface area contributed by atoms with Gasteiger partial charge in [-0.1, -0.05) is 31.7 Å². The van der Waals surface area contributed by atoms with Crippen LogP contribution in [0.4, 0.5) is 34.9 Å². The van der Waals surface area contributed by atoms with Crippen LogP contribution in [-0.4, -0.2) is 82.3 Å². The van der Waals surface area contributed by atoms with E-state index in [1.807, 2.05) is 62.4 Å². The molecule has 2 aromatic heterocycles. The van der Waals surface area contributed by atoms with Crippen molar-refractivity contribution in [2.24, 2.45) is 22.9 Å². The minimum absolute atomic E-state index is 0. The Morgan fingerprint density at radius 3 is 1.69 bits per heavy atom. The van der Waals surface area contributed by atoms with Gasteiger partial charge >= 0.3 is 0 Å². The minimum atomic E-state index is -0.596. The Balaban J connectivity index is 0.000000240. The average molecular weight is 757 g/mol. The molecule has 2 saturated carbocycles. The molecule has 0 unspecified atom stereocenters. The molecule has 12 N–H and O–H groups in total. The molecular weight excluding hydrogens is 701 g/mol. The smallest absolute Gasteiger partial charge is 0.254 e. The van der Waals surface area contributed by atoms with Crippen LogP contribution in [0.2, 0.25) is 0 Å². The average Bonchev–Trinajstić information content (AvgIpc) is 3.13. The predicted octanol–water partition coefficient (Wildman–Crippen LogP) is 4.50. The van der Waals surface area contributed by atoms with Gasteiger partial charge in [0.2, 0.25) is 11.9 Å². The molecule has 6 rings (SSSR count). The number of hydrogen-bond donors (Lipinski definition) is 8. The van der Waals surface area contributed by atoms with E-state index >= 15 is 0 Å². The molecule has 2 amide bonds. The second-order valence-electron chi connectivity index (χ2n) is 13.7. The van der Waals surface area contributed by atoms with Crippen molar-refractivity contribution in [3.8, 4) is 0 Å². The van der Waals surface area contributed by atoms with Crippen molar-refractivity contribution in [2.75, 3.05) is 35.5 Å². The third-order valence-electron chi connectivity index (χ3n) is 9.67. The lowest BCUT2D eigenvalue weighted by molar-refractivity contribution is 0.0498. The first-order valence-electron chi connectivity index (χ1n) is 18.1. The Kier molecular flexibility index (Phi) is 15.2. The van der Waals surface area contributed by atoms with Gasteiger partial charge in [-0.2, -0.15) is 9.97 Å². The fraction of sp³-hybridized carbons (Fsp3) is 0.436. The molecule has 2 fully saturated rings. The largest absolute Gasteiger partial charge is 0.380 e. The van der Waals surface area contributed by atoms with Gasteiger partial charge in [0.25, 0.3) is 11.8 Å². The maximum absolute atomic E-state index is 11.8. The van der Waals surface area contributed by atoms with Gasteiger partial charge in [-0.25, -0.2) is 9.97 Å². The molecule has 2 aliphatic rings. The van der Waals surface area contributed by atoms with Crippen LogP contribution in [0, 0.1) is 13.8 Å². The summed E-state index contributed by atoms with van der Waals surface area (Å²) in [6.45, 7) is 3.98. The highest BCUT2D eigenvalue weighted by molar-refractivity contribution is 5.98. The summed E-state index contributed by atoms with van der Waals surface area (Å²) < 4.78 is 11.0. The van der Waals surface area contributed by atoms with E-state index in [0.29, 0.717) is 23.5 Å². The van der Waals surface area contributed by atoms with Crippen molar-refractivity contribution in [1.82, 2.24) is 19.9 Å².